The Hall–Kier alpha value is -5.17. The first-order valence-electron chi connectivity index (χ1n) is 13.4. The molecule has 0 aliphatic carbocycles. The number of pyridine rings is 1. The molecule has 0 bridgehead atoms. The van der Waals surface area contributed by atoms with Crippen LogP contribution in [-0.2, 0) is 16.6 Å². The molecule has 0 saturated carbocycles. The van der Waals surface area contributed by atoms with Gasteiger partial charge >= 0.3 is 5.97 Å². The highest BCUT2D eigenvalue weighted by Gasteiger charge is 2.28. The number of ether oxygens (including phenoxy) is 2. The molecule has 41 heavy (non-hydrogen) atoms. The predicted molar refractivity (Wildman–Crippen MR) is 160 cm³/mol. The molecule has 1 N–H and O–H groups in total. The molecule has 4 aromatic carbocycles. The standard InChI is InChI=1S/C34H30N2O5/c1-4-29(32(37)35-24-18-20-26(21-19-24)40-25-10-6-5-7-11-25)41-34(39)31-30(23-16-14-22(2)15-17-23)27-12-8-9-13-28(27)33(38)36(31)3/h5-21,29H,4H2,1-3H3,(H,35,37). The molecular formula is C34H30N2O5. The lowest BCUT2D eigenvalue weighted by atomic mass is 9.96. The zero-order valence-electron chi connectivity index (χ0n) is 23.1. The fourth-order valence-electron chi connectivity index (χ4n) is 4.68. The van der Waals surface area contributed by atoms with Crippen molar-refractivity contribution in [2.45, 2.75) is 26.4 Å². The summed E-state index contributed by atoms with van der Waals surface area (Å²) < 4.78 is 12.9. The molecule has 1 aromatic heterocycles. The summed E-state index contributed by atoms with van der Waals surface area (Å²) >= 11 is 0. The number of nitrogens with zero attached hydrogens (tertiary/aromatic N) is 1. The van der Waals surface area contributed by atoms with Gasteiger partial charge in [0.25, 0.3) is 11.5 Å². The average molecular weight is 547 g/mol. The van der Waals surface area contributed by atoms with Crippen molar-refractivity contribution in [2.75, 3.05) is 5.32 Å². The number of fused-ring (bicyclic) bond motifs is 1. The first-order chi connectivity index (χ1) is 19.9. The van der Waals surface area contributed by atoms with E-state index in [4.69, 9.17) is 9.47 Å². The van der Waals surface area contributed by atoms with Gasteiger partial charge in [0.2, 0.25) is 0 Å². The summed E-state index contributed by atoms with van der Waals surface area (Å²) in [5.74, 6) is 0.101. The van der Waals surface area contributed by atoms with Crippen LogP contribution in [0.2, 0.25) is 0 Å². The van der Waals surface area contributed by atoms with Gasteiger partial charge in [-0.1, -0.05) is 73.2 Å². The summed E-state index contributed by atoms with van der Waals surface area (Å²) in [6.45, 7) is 3.74. The smallest absolute Gasteiger partial charge is 0.356 e. The fraction of sp³-hybridized carbons (Fsp3) is 0.147. The number of anilines is 1. The Bertz CT molecular complexity index is 1760. The van der Waals surface area contributed by atoms with Gasteiger partial charge in [-0.2, -0.15) is 0 Å². The molecule has 1 heterocycles. The molecule has 1 amide bonds. The summed E-state index contributed by atoms with van der Waals surface area (Å²) in [4.78, 5) is 40.1. The van der Waals surface area contributed by atoms with Gasteiger partial charge in [-0.15, -0.1) is 0 Å². The molecule has 0 saturated heterocycles. The highest BCUT2D eigenvalue weighted by molar-refractivity contribution is 6.07. The van der Waals surface area contributed by atoms with Gasteiger partial charge in [-0.05, 0) is 66.8 Å². The number of benzene rings is 4. The minimum Gasteiger partial charge on any atom is -0.457 e. The van der Waals surface area contributed by atoms with E-state index in [1.807, 2.05) is 73.7 Å². The molecule has 0 spiro atoms. The minimum atomic E-state index is -1.07. The largest absolute Gasteiger partial charge is 0.457 e. The molecule has 7 nitrogen and oxygen atoms in total. The second-order valence-corrected chi connectivity index (χ2v) is 9.73. The first kappa shape index (κ1) is 27.4. The molecule has 0 radical (unpaired) electrons. The second kappa shape index (κ2) is 11.9. The maximum Gasteiger partial charge on any atom is 0.356 e. The van der Waals surface area contributed by atoms with Gasteiger partial charge in [-0.25, -0.2) is 4.79 Å². The van der Waals surface area contributed by atoms with Crippen molar-refractivity contribution in [3.8, 4) is 22.6 Å². The van der Waals surface area contributed by atoms with Gasteiger partial charge in [0.05, 0.1) is 0 Å². The van der Waals surface area contributed by atoms with Gasteiger partial charge in [0.1, 0.15) is 17.2 Å². The van der Waals surface area contributed by atoms with E-state index in [9.17, 15) is 14.4 Å². The monoisotopic (exact) mass is 546 g/mol. The summed E-state index contributed by atoms with van der Waals surface area (Å²) in [7, 11) is 1.54. The quantitative estimate of drug-likeness (QED) is 0.214. The third-order valence-electron chi connectivity index (χ3n) is 6.85. The lowest BCUT2D eigenvalue weighted by Gasteiger charge is -2.20. The Labute approximate surface area is 238 Å². The number of hydrogen-bond acceptors (Lipinski definition) is 5. The molecule has 0 aliphatic heterocycles. The van der Waals surface area contributed by atoms with E-state index in [0.29, 0.717) is 33.5 Å². The van der Waals surface area contributed by atoms with Crippen molar-refractivity contribution in [1.29, 1.82) is 0 Å². The summed E-state index contributed by atoms with van der Waals surface area (Å²) in [6.07, 6.45) is -0.830. The van der Waals surface area contributed by atoms with E-state index < -0.39 is 18.0 Å². The molecule has 0 fully saturated rings. The number of nitrogens with one attached hydrogen (secondary N) is 1. The van der Waals surface area contributed by atoms with Crippen molar-refractivity contribution in [3.63, 3.8) is 0 Å². The number of hydrogen-bond donors (Lipinski definition) is 1. The zero-order valence-corrected chi connectivity index (χ0v) is 23.1. The number of para-hydroxylation sites is 1. The summed E-state index contributed by atoms with van der Waals surface area (Å²) in [5, 5.41) is 3.94. The Balaban J connectivity index is 1.40. The Morgan fingerprint density at radius 2 is 1.41 bits per heavy atom. The molecule has 1 atom stereocenters. The molecule has 0 aliphatic rings. The molecule has 5 rings (SSSR count). The van der Waals surface area contributed by atoms with Gasteiger partial charge in [-0.3, -0.25) is 9.59 Å². The zero-order chi connectivity index (χ0) is 28.9. The number of carbonyl (C=O) groups excluding carboxylic acids is 2. The fourth-order valence-corrected chi connectivity index (χ4v) is 4.68. The van der Waals surface area contributed by atoms with Crippen LogP contribution in [0.3, 0.4) is 0 Å². The van der Waals surface area contributed by atoms with Crippen LogP contribution >= 0.6 is 0 Å². The van der Waals surface area contributed by atoms with Crippen LogP contribution in [0.15, 0.2) is 108 Å². The van der Waals surface area contributed by atoms with Crippen LogP contribution in [0, 0.1) is 6.92 Å². The Kier molecular flexibility index (Phi) is 7.97. The normalized spacial score (nSPS) is 11.6. The van der Waals surface area contributed by atoms with E-state index in [-0.39, 0.29) is 17.7 Å². The summed E-state index contributed by atoms with van der Waals surface area (Å²) in [5.41, 5.74) is 2.71. The third kappa shape index (κ3) is 5.89. The van der Waals surface area contributed by atoms with Gasteiger partial charge in [0, 0.05) is 23.7 Å². The van der Waals surface area contributed by atoms with Crippen molar-refractivity contribution >= 4 is 28.3 Å². The van der Waals surface area contributed by atoms with E-state index in [0.717, 1.165) is 11.1 Å². The first-order valence-corrected chi connectivity index (χ1v) is 13.4. The van der Waals surface area contributed by atoms with E-state index in [1.54, 1.807) is 50.4 Å². The summed E-state index contributed by atoms with van der Waals surface area (Å²) in [6, 6.07) is 31.2. The maximum absolute atomic E-state index is 13.7. The molecule has 7 heteroatoms. The van der Waals surface area contributed by atoms with E-state index >= 15 is 0 Å². The Morgan fingerprint density at radius 1 is 0.805 bits per heavy atom. The number of amides is 1. The van der Waals surface area contributed by atoms with Crippen LogP contribution in [0.25, 0.3) is 21.9 Å². The maximum atomic E-state index is 13.7. The van der Waals surface area contributed by atoms with E-state index in [1.165, 1.54) is 4.57 Å². The van der Waals surface area contributed by atoms with Crippen molar-refractivity contribution in [1.82, 2.24) is 4.57 Å². The SMILES string of the molecule is CCC(OC(=O)c1c(-c2ccc(C)cc2)c2ccccc2c(=O)n1C)C(=O)Nc1ccc(Oc2ccccc2)cc1. The topological polar surface area (TPSA) is 86.6 Å². The van der Waals surface area contributed by atoms with Crippen molar-refractivity contribution < 1.29 is 19.1 Å². The van der Waals surface area contributed by atoms with Crippen LogP contribution in [0.5, 0.6) is 11.5 Å². The van der Waals surface area contributed by atoms with Crippen LogP contribution in [0.4, 0.5) is 5.69 Å². The lowest BCUT2D eigenvalue weighted by Crippen LogP contribution is -2.34. The van der Waals surface area contributed by atoms with Crippen molar-refractivity contribution in [2.24, 2.45) is 7.05 Å². The number of rotatable bonds is 8. The minimum absolute atomic E-state index is 0.0891. The second-order valence-electron chi connectivity index (χ2n) is 9.73. The number of esters is 1. The lowest BCUT2D eigenvalue weighted by molar-refractivity contribution is -0.124. The number of carbonyl (C=O) groups is 2. The van der Waals surface area contributed by atoms with Gasteiger partial charge < -0.3 is 19.4 Å². The Morgan fingerprint density at radius 3 is 2.07 bits per heavy atom. The third-order valence-corrected chi connectivity index (χ3v) is 6.85. The van der Waals surface area contributed by atoms with Crippen molar-refractivity contribution in [3.05, 3.63) is 125 Å². The highest BCUT2D eigenvalue weighted by Crippen LogP contribution is 2.31. The van der Waals surface area contributed by atoms with Crippen LogP contribution in [0.1, 0.15) is 29.4 Å². The van der Waals surface area contributed by atoms with Crippen LogP contribution < -0.4 is 15.6 Å². The molecule has 5 aromatic rings. The van der Waals surface area contributed by atoms with E-state index in [2.05, 4.69) is 5.32 Å². The van der Waals surface area contributed by atoms with Crippen LogP contribution in [-0.4, -0.2) is 22.5 Å². The number of aryl methyl sites for hydroxylation is 1. The average Bonchev–Trinajstić information content (AvgIpc) is 2.99. The van der Waals surface area contributed by atoms with Gasteiger partial charge in [0.15, 0.2) is 6.10 Å². The predicted octanol–water partition coefficient (Wildman–Crippen LogP) is 6.88. The number of aromatic nitrogens is 1. The molecule has 206 valence electrons. The highest BCUT2D eigenvalue weighted by atomic mass is 16.5. The molecule has 1 unspecified atom stereocenters. The molecular weight excluding hydrogens is 516 g/mol.